The van der Waals surface area contributed by atoms with Crippen LogP contribution in [0.15, 0.2) is 36.5 Å². The van der Waals surface area contributed by atoms with Gasteiger partial charge in [-0.15, -0.1) is 0 Å². The summed E-state index contributed by atoms with van der Waals surface area (Å²) in [7, 11) is 1.52. The van der Waals surface area contributed by atoms with Crippen LogP contribution in [0.3, 0.4) is 0 Å². The lowest BCUT2D eigenvalue weighted by atomic mass is 10.2. The summed E-state index contributed by atoms with van der Waals surface area (Å²) < 4.78 is 0.780. The number of fused-ring (bicyclic) bond motifs is 1. The number of hydrogen-bond acceptors (Lipinski definition) is 3. The van der Waals surface area contributed by atoms with Gasteiger partial charge in [-0.2, -0.15) is 4.73 Å². The number of hydroxylamine groups is 1. The van der Waals surface area contributed by atoms with Crippen LogP contribution in [-0.4, -0.2) is 12.3 Å². The number of pyridine rings is 1. The maximum absolute atomic E-state index is 11.4. The van der Waals surface area contributed by atoms with Gasteiger partial charge in [0, 0.05) is 19.2 Å². The fraction of sp³-hybridized carbons (Fsp3) is 0.100. The fourth-order valence-electron chi connectivity index (χ4n) is 1.47. The molecule has 0 radical (unpaired) electrons. The summed E-state index contributed by atoms with van der Waals surface area (Å²) >= 11 is 0. The number of anilines is 1. The van der Waals surface area contributed by atoms with Crippen molar-refractivity contribution in [1.29, 1.82) is 0 Å². The molecule has 0 aliphatic carbocycles. The van der Waals surface area contributed by atoms with Crippen molar-refractivity contribution < 1.29 is 9.94 Å². The highest BCUT2D eigenvalue weighted by molar-refractivity contribution is 5.88. The molecule has 72 valence electrons. The maximum Gasteiger partial charge on any atom is 0.225 e. The smallest absolute Gasteiger partial charge is 0.225 e. The van der Waals surface area contributed by atoms with Crippen LogP contribution in [0.1, 0.15) is 0 Å². The number of hydrogen-bond donors (Lipinski definition) is 1. The molecule has 0 unspecified atom stereocenters. The van der Waals surface area contributed by atoms with Crippen molar-refractivity contribution in [3.8, 4) is 0 Å². The molecule has 0 aliphatic rings. The predicted octanol–water partition coefficient (Wildman–Crippen LogP) is 1.30. The highest BCUT2D eigenvalue weighted by atomic mass is 16.5. The minimum absolute atomic E-state index is 0.547. The van der Waals surface area contributed by atoms with E-state index in [0.717, 1.165) is 15.2 Å². The Bertz CT molecular complexity index is 469. The largest absolute Gasteiger partial charge is 0.618 e. The van der Waals surface area contributed by atoms with E-state index in [9.17, 15) is 10.4 Å². The molecule has 1 aromatic heterocycles. The van der Waals surface area contributed by atoms with Gasteiger partial charge >= 0.3 is 0 Å². The monoisotopic (exact) mass is 190 g/mol. The molecule has 1 N–H and O–H groups in total. The van der Waals surface area contributed by atoms with Crippen molar-refractivity contribution in [2.75, 3.05) is 12.1 Å². The molecule has 4 heteroatoms. The third kappa shape index (κ3) is 1.25. The Labute approximate surface area is 81.2 Å². The van der Waals surface area contributed by atoms with E-state index >= 15 is 0 Å². The Hall–Kier alpha value is -1.81. The van der Waals surface area contributed by atoms with Gasteiger partial charge in [0.1, 0.15) is 0 Å². The molecular formula is C10H10N2O2. The molecule has 14 heavy (non-hydrogen) atoms. The molecule has 0 bridgehead atoms. The topological polar surface area (TPSA) is 50.4 Å². The van der Waals surface area contributed by atoms with Gasteiger partial charge in [0.2, 0.25) is 5.52 Å². The van der Waals surface area contributed by atoms with Crippen molar-refractivity contribution in [2.45, 2.75) is 0 Å². The van der Waals surface area contributed by atoms with Crippen LogP contribution < -0.4 is 9.79 Å². The normalized spacial score (nSPS) is 10.4. The number of aromatic nitrogens is 1. The summed E-state index contributed by atoms with van der Waals surface area (Å²) in [5, 5.41) is 22.4. The minimum atomic E-state index is 0.547. The first kappa shape index (κ1) is 8.77. The summed E-state index contributed by atoms with van der Waals surface area (Å²) in [5.74, 6) is 0. The molecule has 1 heterocycles. The van der Waals surface area contributed by atoms with Gasteiger partial charge < -0.3 is 5.21 Å². The summed E-state index contributed by atoms with van der Waals surface area (Å²) in [4.78, 5) is 0. The lowest BCUT2D eigenvalue weighted by Crippen LogP contribution is -2.27. The van der Waals surface area contributed by atoms with Gasteiger partial charge in [0.15, 0.2) is 6.20 Å². The van der Waals surface area contributed by atoms with E-state index < -0.39 is 0 Å². The first-order chi connectivity index (χ1) is 6.70. The molecule has 0 saturated carbocycles. The van der Waals surface area contributed by atoms with Crippen molar-refractivity contribution in [2.24, 2.45) is 0 Å². The third-order valence-corrected chi connectivity index (χ3v) is 2.13. The van der Waals surface area contributed by atoms with Gasteiger partial charge in [-0.1, -0.05) is 12.1 Å². The number of benzene rings is 1. The standard InChI is InChI=1S/C10H10N2O2/c1-11(13)9-6-7-12(14)10-5-3-2-4-8(9)10/h2-7,13H,1H3. The summed E-state index contributed by atoms with van der Waals surface area (Å²) in [6.45, 7) is 0. The van der Waals surface area contributed by atoms with Crippen LogP contribution in [0.4, 0.5) is 5.69 Å². The highest BCUT2D eigenvalue weighted by Gasteiger charge is 2.09. The van der Waals surface area contributed by atoms with Crippen LogP contribution in [-0.2, 0) is 0 Å². The zero-order chi connectivity index (χ0) is 10.1. The van der Waals surface area contributed by atoms with E-state index in [0.29, 0.717) is 11.2 Å². The summed E-state index contributed by atoms with van der Waals surface area (Å²) in [5.41, 5.74) is 1.17. The predicted molar refractivity (Wildman–Crippen MR) is 53.1 cm³/mol. The van der Waals surface area contributed by atoms with Gasteiger partial charge in [-0.3, -0.25) is 10.3 Å². The Morgan fingerprint density at radius 1 is 1.29 bits per heavy atom. The number of nitrogens with zero attached hydrogens (tertiary/aromatic N) is 2. The molecule has 2 rings (SSSR count). The average Bonchev–Trinajstić information content (AvgIpc) is 2.18. The Kier molecular flexibility index (Phi) is 1.98. The average molecular weight is 190 g/mol. The Balaban J connectivity index is 2.82. The lowest BCUT2D eigenvalue weighted by Gasteiger charge is -2.12. The van der Waals surface area contributed by atoms with Crippen molar-refractivity contribution >= 4 is 16.6 Å². The van der Waals surface area contributed by atoms with Crippen molar-refractivity contribution in [3.63, 3.8) is 0 Å². The molecule has 0 saturated heterocycles. The summed E-state index contributed by atoms with van der Waals surface area (Å²) in [6.07, 6.45) is 1.38. The molecule has 2 aromatic rings. The number of para-hydroxylation sites is 1. The van der Waals surface area contributed by atoms with Gasteiger partial charge in [0.25, 0.3) is 0 Å². The van der Waals surface area contributed by atoms with Crippen molar-refractivity contribution in [3.05, 3.63) is 41.7 Å². The molecule has 4 nitrogen and oxygen atoms in total. The fourth-order valence-corrected chi connectivity index (χ4v) is 1.47. The van der Waals surface area contributed by atoms with Gasteiger partial charge in [0.05, 0.1) is 11.1 Å². The molecular weight excluding hydrogens is 180 g/mol. The van der Waals surface area contributed by atoms with Crippen LogP contribution in [0.25, 0.3) is 10.9 Å². The minimum Gasteiger partial charge on any atom is -0.618 e. The third-order valence-electron chi connectivity index (χ3n) is 2.13. The quantitative estimate of drug-likeness (QED) is 0.419. The summed E-state index contributed by atoms with van der Waals surface area (Å²) in [6, 6.07) is 8.71. The zero-order valence-electron chi connectivity index (χ0n) is 7.71. The first-order valence-electron chi connectivity index (χ1n) is 4.23. The van der Waals surface area contributed by atoms with Crippen LogP contribution in [0, 0.1) is 5.21 Å². The van der Waals surface area contributed by atoms with Gasteiger partial charge in [-0.25, -0.2) is 0 Å². The highest BCUT2D eigenvalue weighted by Crippen LogP contribution is 2.21. The van der Waals surface area contributed by atoms with E-state index in [2.05, 4.69) is 0 Å². The Morgan fingerprint density at radius 3 is 2.71 bits per heavy atom. The second kappa shape index (κ2) is 3.16. The van der Waals surface area contributed by atoms with E-state index in [1.54, 1.807) is 24.3 Å². The number of rotatable bonds is 1. The van der Waals surface area contributed by atoms with Crippen molar-refractivity contribution in [1.82, 2.24) is 0 Å². The van der Waals surface area contributed by atoms with Crippen LogP contribution in [0.5, 0.6) is 0 Å². The molecule has 0 atom stereocenters. The van der Waals surface area contributed by atoms with E-state index in [-0.39, 0.29) is 0 Å². The second-order valence-electron chi connectivity index (χ2n) is 3.07. The molecule has 1 aromatic carbocycles. The van der Waals surface area contributed by atoms with Crippen LogP contribution in [0.2, 0.25) is 0 Å². The van der Waals surface area contributed by atoms with E-state index in [4.69, 9.17) is 0 Å². The maximum atomic E-state index is 11.4. The van der Waals surface area contributed by atoms with E-state index in [1.165, 1.54) is 13.2 Å². The van der Waals surface area contributed by atoms with Crippen LogP contribution >= 0.6 is 0 Å². The molecule has 0 spiro atoms. The molecule has 0 aliphatic heterocycles. The van der Waals surface area contributed by atoms with Gasteiger partial charge in [-0.05, 0) is 6.07 Å². The first-order valence-corrected chi connectivity index (χ1v) is 4.23. The SMILES string of the molecule is CN(O)c1cc[n+]([O-])c2ccccc12. The van der Waals surface area contributed by atoms with E-state index in [1.807, 2.05) is 6.07 Å². The molecule has 0 amide bonds. The molecule has 0 fully saturated rings. The Morgan fingerprint density at radius 2 is 2.00 bits per heavy atom. The zero-order valence-corrected chi connectivity index (χ0v) is 7.71. The lowest BCUT2D eigenvalue weighted by molar-refractivity contribution is -0.576. The second-order valence-corrected chi connectivity index (χ2v) is 3.07.